The third-order valence-electron chi connectivity index (χ3n) is 4.83. The van der Waals surface area contributed by atoms with Gasteiger partial charge >= 0.3 is 0 Å². The number of ether oxygens (including phenoxy) is 1. The van der Waals surface area contributed by atoms with Crippen LogP contribution in [0.4, 0.5) is 0 Å². The van der Waals surface area contributed by atoms with Gasteiger partial charge in [-0.15, -0.1) is 0 Å². The van der Waals surface area contributed by atoms with Crippen molar-refractivity contribution in [3.05, 3.63) is 30.0 Å². The van der Waals surface area contributed by atoms with Crippen LogP contribution in [0.2, 0.25) is 0 Å². The fourth-order valence-corrected chi connectivity index (χ4v) is 4.95. The predicted octanol–water partition coefficient (Wildman–Crippen LogP) is 2.70. The molecule has 7 heteroatoms. The van der Waals surface area contributed by atoms with Crippen LogP contribution in [0.1, 0.15) is 32.3 Å². The van der Waals surface area contributed by atoms with Crippen LogP contribution in [0.25, 0.3) is 10.8 Å². The van der Waals surface area contributed by atoms with Crippen LogP contribution in [0.5, 0.6) is 5.88 Å². The summed E-state index contributed by atoms with van der Waals surface area (Å²) in [5.74, 6) is 0.495. The number of nitrogens with zero attached hydrogens (tertiary/aromatic N) is 2. The standard InChI is InChI=1S/C19H27N3O3S/c1-4-15(3)25-19-16-7-5-8-17(18(16)14(2)13-21-19)26(23,24)22-11-6-9-20-10-12-22/h5,7-8,13,15,20H,4,6,9-12H2,1-3H3. The molecule has 1 aromatic heterocycles. The van der Waals surface area contributed by atoms with E-state index in [1.807, 2.05) is 26.8 Å². The molecule has 2 heterocycles. The third kappa shape index (κ3) is 3.70. The number of aryl methyl sites for hydroxylation is 1. The quantitative estimate of drug-likeness (QED) is 0.867. The van der Waals surface area contributed by atoms with Gasteiger partial charge in [0.15, 0.2) is 0 Å². The smallest absolute Gasteiger partial charge is 0.243 e. The molecule has 2 aromatic rings. The summed E-state index contributed by atoms with van der Waals surface area (Å²) >= 11 is 0. The molecule has 1 atom stereocenters. The molecule has 3 rings (SSSR count). The SMILES string of the molecule is CCC(C)Oc1ncc(C)c2c(S(=O)(=O)N3CCCNCC3)cccc12. The number of fused-ring (bicyclic) bond motifs is 1. The van der Waals surface area contributed by atoms with Gasteiger partial charge < -0.3 is 10.1 Å². The van der Waals surface area contributed by atoms with Crippen molar-refractivity contribution in [3.8, 4) is 5.88 Å². The molecular weight excluding hydrogens is 350 g/mol. The van der Waals surface area contributed by atoms with E-state index in [4.69, 9.17) is 4.74 Å². The predicted molar refractivity (Wildman–Crippen MR) is 103 cm³/mol. The maximum atomic E-state index is 13.3. The van der Waals surface area contributed by atoms with E-state index in [1.54, 1.807) is 22.6 Å². The average Bonchev–Trinajstić information content (AvgIpc) is 2.93. The van der Waals surface area contributed by atoms with Crippen LogP contribution in [0.3, 0.4) is 0 Å². The van der Waals surface area contributed by atoms with Crippen molar-refractivity contribution in [2.24, 2.45) is 0 Å². The van der Waals surface area contributed by atoms with Gasteiger partial charge in [0.25, 0.3) is 0 Å². The van der Waals surface area contributed by atoms with E-state index in [-0.39, 0.29) is 6.10 Å². The van der Waals surface area contributed by atoms with Crippen LogP contribution in [0, 0.1) is 6.92 Å². The molecule has 1 aromatic carbocycles. The summed E-state index contributed by atoms with van der Waals surface area (Å²) < 4.78 is 34.2. The Bertz CT molecular complexity index is 875. The molecule has 0 bridgehead atoms. The normalized spacial score (nSPS) is 17.8. The van der Waals surface area contributed by atoms with Gasteiger partial charge in [0.05, 0.1) is 11.0 Å². The largest absolute Gasteiger partial charge is 0.474 e. The number of nitrogens with one attached hydrogen (secondary N) is 1. The van der Waals surface area contributed by atoms with Crippen molar-refractivity contribution in [2.45, 2.75) is 44.6 Å². The Kier molecular flexibility index (Phi) is 5.79. The lowest BCUT2D eigenvalue weighted by molar-refractivity contribution is 0.211. The van der Waals surface area contributed by atoms with Crippen molar-refractivity contribution in [1.29, 1.82) is 0 Å². The molecule has 1 aliphatic rings. The summed E-state index contributed by atoms with van der Waals surface area (Å²) in [6.45, 7) is 8.46. The molecule has 1 aliphatic heterocycles. The molecule has 26 heavy (non-hydrogen) atoms. The van der Waals surface area contributed by atoms with E-state index in [9.17, 15) is 8.42 Å². The van der Waals surface area contributed by atoms with E-state index < -0.39 is 10.0 Å². The summed E-state index contributed by atoms with van der Waals surface area (Å²) in [4.78, 5) is 4.74. The minimum atomic E-state index is -3.58. The fourth-order valence-electron chi connectivity index (χ4n) is 3.19. The first kappa shape index (κ1) is 19.1. The van der Waals surface area contributed by atoms with E-state index in [2.05, 4.69) is 10.3 Å². The van der Waals surface area contributed by atoms with Gasteiger partial charge in [0.1, 0.15) is 0 Å². The molecular formula is C19H27N3O3S. The Morgan fingerprint density at radius 3 is 2.88 bits per heavy atom. The van der Waals surface area contributed by atoms with Crippen molar-refractivity contribution >= 4 is 20.8 Å². The summed E-state index contributed by atoms with van der Waals surface area (Å²) in [6.07, 6.45) is 3.39. The highest BCUT2D eigenvalue weighted by Gasteiger charge is 2.28. The number of hydrogen-bond donors (Lipinski definition) is 1. The highest BCUT2D eigenvalue weighted by atomic mass is 32.2. The minimum Gasteiger partial charge on any atom is -0.474 e. The van der Waals surface area contributed by atoms with Gasteiger partial charge in [-0.05, 0) is 50.9 Å². The number of rotatable bonds is 5. The van der Waals surface area contributed by atoms with Gasteiger partial charge in [-0.25, -0.2) is 13.4 Å². The Labute approximate surface area is 155 Å². The minimum absolute atomic E-state index is 0.0188. The highest BCUT2D eigenvalue weighted by Crippen LogP contribution is 2.33. The second kappa shape index (κ2) is 7.90. The first-order valence-electron chi connectivity index (χ1n) is 9.21. The molecule has 0 amide bonds. The van der Waals surface area contributed by atoms with Gasteiger partial charge in [-0.2, -0.15) is 4.31 Å². The maximum Gasteiger partial charge on any atom is 0.243 e. The van der Waals surface area contributed by atoms with Crippen molar-refractivity contribution in [3.63, 3.8) is 0 Å². The third-order valence-corrected chi connectivity index (χ3v) is 6.77. The Hall–Kier alpha value is -1.70. The summed E-state index contributed by atoms with van der Waals surface area (Å²) in [5.41, 5.74) is 0.837. The zero-order valence-corrected chi connectivity index (χ0v) is 16.5. The van der Waals surface area contributed by atoms with Gasteiger partial charge in [0.2, 0.25) is 15.9 Å². The van der Waals surface area contributed by atoms with Gasteiger partial charge in [-0.1, -0.05) is 13.0 Å². The van der Waals surface area contributed by atoms with E-state index >= 15 is 0 Å². The summed E-state index contributed by atoms with van der Waals surface area (Å²) in [6, 6.07) is 5.35. The zero-order valence-electron chi connectivity index (χ0n) is 15.7. The van der Waals surface area contributed by atoms with Crippen LogP contribution in [0.15, 0.2) is 29.3 Å². The maximum absolute atomic E-state index is 13.3. The van der Waals surface area contributed by atoms with Crippen LogP contribution in [-0.2, 0) is 10.0 Å². The molecule has 1 unspecified atom stereocenters. The lowest BCUT2D eigenvalue weighted by Gasteiger charge is -2.22. The monoisotopic (exact) mass is 377 g/mol. The zero-order chi connectivity index (χ0) is 18.7. The molecule has 142 valence electrons. The van der Waals surface area contributed by atoms with E-state index in [0.29, 0.717) is 35.8 Å². The van der Waals surface area contributed by atoms with Crippen LogP contribution in [-0.4, -0.2) is 50.0 Å². The van der Waals surface area contributed by atoms with Gasteiger partial charge in [-0.3, -0.25) is 0 Å². The molecule has 1 N–H and O–H groups in total. The average molecular weight is 378 g/mol. The summed E-state index contributed by atoms with van der Waals surface area (Å²) in [7, 11) is -3.58. The summed E-state index contributed by atoms with van der Waals surface area (Å²) in [5, 5.41) is 4.71. The van der Waals surface area contributed by atoms with Crippen molar-refractivity contribution in [2.75, 3.05) is 26.2 Å². The Morgan fingerprint density at radius 1 is 1.31 bits per heavy atom. The molecule has 0 radical (unpaired) electrons. The number of sulfonamides is 1. The first-order chi connectivity index (χ1) is 12.4. The molecule has 6 nitrogen and oxygen atoms in total. The second-order valence-electron chi connectivity index (χ2n) is 6.77. The van der Waals surface area contributed by atoms with Crippen molar-refractivity contribution in [1.82, 2.24) is 14.6 Å². The van der Waals surface area contributed by atoms with E-state index in [1.165, 1.54) is 0 Å². The van der Waals surface area contributed by atoms with Crippen LogP contribution >= 0.6 is 0 Å². The lowest BCUT2D eigenvalue weighted by atomic mass is 10.1. The fraction of sp³-hybridized carbons (Fsp3) is 0.526. The number of benzene rings is 1. The highest BCUT2D eigenvalue weighted by molar-refractivity contribution is 7.89. The lowest BCUT2D eigenvalue weighted by Crippen LogP contribution is -2.34. The Morgan fingerprint density at radius 2 is 2.12 bits per heavy atom. The number of aromatic nitrogens is 1. The molecule has 1 fully saturated rings. The molecule has 0 aliphatic carbocycles. The molecule has 0 spiro atoms. The number of hydrogen-bond acceptors (Lipinski definition) is 5. The Balaban J connectivity index is 2.13. The topological polar surface area (TPSA) is 71.5 Å². The molecule has 0 saturated carbocycles. The second-order valence-corrected chi connectivity index (χ2v) is 8.68. The molecule has 1 saturated heterocycles. The van der Waals surface area contributed by atoms with E-state index in [0.717, 1.165) is 30.3 Å². The first-order valence-corrected chi connectivity index (χ1v) is 10.6. The van der Waals surface area contributed by atoms with Gasteiger partial charge in [0, 0.05) is 36.6 Å². The van der Waals surface area contributed by atoms with Crippen molar-refractivity contribution < 1.29 is 13.2 Å². The number of pyridine rings is 1. The van der Waals surface area contributed by atoms with Crippen LogP contribution < -0.4 is 10.1 Å².